The molecule has 1 aromatic heterocycles. The van der Waals surface area contributed by atoms with Gasteiger partial charge in [-0.05, 0) is 31.3 Å². The van der Waals surface area contributed by atoms with Crippen molar-refractivity contribution in [3.63, 3.8) is 0 Å². The van der Waals surface area contributed by atoms with Crippen LogP contribution in [0.3, 0.4) is 0 Å². The molecule has 0 bridgehead atoms. The number of hydrogen-bond donors (Lipinski definition) is 0. The van der Waals surface area contributed by atoms with Crippen molar-refractivity contribution >= 4 is 40.4 Å². The van der Waals surface area contributed by atoms with E-state index >= 15 is 0 Å². The van der Waals surface area contributed by atoms with Gasteiger partial charge in [0.2, 0.25) is 0 Å². The molecule has 0 aliphatic carbocycles. The monoisotopic (exact) mass is 509 g/mol. The number of nitrogens with zero attached hydrogens (tertiary/aromatic N) is 5. The first-order valence-electron chi connectivity index (χ1n) is 12.4. The number of likely N-dealkylation sites (N-methyl/N-ethyl adjacent to an activating group) is 1. The molecule has 3 heterocycles. The highest BCUT2D eigenvalue weighted by molar-refractivity contribution is 6.31. The fourth-order valence-corrected chi connectivity index (χ4v) is 5.41. The van der Waals surface area contributed by atoms with Gasteiger partial charge in [0.05, 0.1) is 23.9 Å². The minimum absolute atomic E-state index is 0.0243. The first-order valence-corrected chi connectivity index (χ1v) is 12.7. The number of benzene rings is 2. The number of halogens is 1. The van der Waals surface area contributed by atoms with Gasteiger partial charge in [-0.3, -0.25) is 14.5 Å². The van der Waals surface area contributed by atoms with Crippen LogP contribution in [-0.2, 0) is 4.79 Å². The number of hydrogen-bond acceptors (Lipinski definition) is 6. The molecule has 2 aromatic carbocycles. The minimum atomic E-state index is -0.483. The zero-order chi connectivity index (χ0) is 25.2. The summed E-state index contributed by atoms with van der Waals surface area (Å²) in [5, 5.41) is 1.40. The van der Waals surface area contributed by atoms with Gasteiger partial charge in [0, 0.05) is 69.0 Å². The Balaban J connectivity index is 1.40. The molecule has 0 radical (unpaired) electrons. The van der Waals surface area contributed by atoms with Crippen LogP contribution in [0.5, 0.6) is 5.75 Å². The van der Waals surface area contributed by atoms with Crippen LogP contribution < -0.4 is 9.64 Å². The SMILES string of the molecule is COc1ccccc1N1CCN(C(=O)c2cn(C(C=O)N3CCN(C)CC3)c3cc(Cl)ccc23)CC1. The average Bonchev–Trinajstić information content (AvgIpc) is 3.28. The number of anilines is 1. The molecule has 3 aromatic rings. The van der Waals surface area contributed by atoms with Gasteiger partial charge in [0.1, 0.15) is 11.9 Å². The summed E-state index contributed by atoms with van der Waals surface area (Å²) < 4.78 is 7.44. The maximum Gasteiger partial charge on any atom is 0.256 e. The van der Waals surface area contributed by atoms with Crippen molar-refractivity contribution in [3.05, 3.63) is 59.2 Å². The molecule has 0 spiro atoms. The zero-order valence-corrected chi connectivity index (χ0v) is 21.5. The summed E-state index contributed by atoms with van der Waals surface area (Å²) in [4.78, 5) is 34.6. The van der Waals surface area contributed by atoms with Crippen LogP contribution in [0.15, 0.2) is 48.7 Å². The van der Waals surface area contributed by atoms with Crippen LogP contribution >= 0.6 is 11.6 Å². The van der Waals surface area contributed by atoms with E-state index in [1.807, 2.05) is 52.1 Å². The first kappa shape index (κ1) is 24.6. The Hall–Kier alpha value is -3.07. The molecule has 2 fully saturated rings. The van der Waals surface area contributed by atoms with E-state index in [1.165, 1.54) is 0 Å². The van der Waals surface area contributed by atoms with E-state index in [0.29, 0.717) is 23.7 Å². The largest absolute Gasteiger partial charge is 0.495 e. The van der Waals surface area contributed by atoms with Crippen LogP contribution in [0.4, 0.5) is 5.69 Å². The number of amides is 1. The van der Waals surface area contributed by atoms with Crippen LogP contribution in [-0.4, -0.2) is 98.0 Å². The number of ether oxygens (including phenoxy) is 1. The third kappa shape index (κ3) is 4.68. The van der Waals surface area contributed by atoms with Crippen molar-refractivity contribution in [1.29, 1.82) is 0 Å². The van der Waals surface area contributed by atoms with Crippen molar-refractivity contribution in [2.45, 2.75) is 6.17 Å². The summed E-state index contributed by atoms with van der Waals surface area (Å²) in [5.74, 6) is 0.810. The molecule has 2 aliphatic rings. The average molecular weight is 510 g/mol. The quantitative estimate of drug-likeness (QED) is 0.476. The van der Waals surface area contributed by atoms with Crippen LogP contribution in [0.2, 0.25) is 5.02 Å². The lowest BCUT2D eigenvalue weighted by Crippen LogP contribution is -2.49. The van der Waals surface area contributed by atoms with Gasteiger partial charge in [0.15, 0.2) is 6.29 Å². The summed E-state index contributed by atoms with van der Waals surface area (Å²) in [6.45, 7) is 6.00. The summed E-state index contributed by atoms with van der Waals surface area (Å²) >= 11 is 6.35. The van der Waals surface area contributed by atoms with Crippen molar-refractivity contribution in [2.24, 2.45) is 0 Å². The van der Waals surface area contributed by atoms with Gasteiger partial charge >= 0.3 is 0 Å². The normalized spacial score (nSPS) is 18.4. The lowest BCUT2D eigenvalue weighted by atomic mass is 10.1. The standard InChI is InChI=1S/C27H32ClN5O3/c1-29-9-11-31(12-10-29)26(19-34)33-18-22(21-8-7-20(28)17-24(21)33)27(35)32-15-13-30(14-16-32)23-5-3-4-6-25(23)36-2/h3-8,17-19,26H,9-16H2,1-2H3. The summed E-state index contributed by atoms with van der Waals surface area (Å²) in [7, 11) is 3.76. The van der Waals surface area contributed by atoms with E-state index in [-0.39, 0.29) is 5.91 Å². The van der Waals surface area contributed by atoms with Gasteiger partial charge in [-0.15, -0.1) is 0 Å². The Morgan fingerprint density at radius 3 is 2.42 bits per heavy atom. The number of piperazine rings is 2. The molecular formula is C27H32ClN5O3. The highest BCUT2D eigenvalue weighted by Gasteiger charge is 2.29. The zero-order valence-electron chi connectivity index (χ0n) is 20.8. The molecule has 2 aliphatic heterocycles. The number of carbonyl (C=O) groups excluding carboxylic acids is 2. The van der Waals surface area contributed by atoms with Crippen molar-refractivity contribution < 1.29 is 14.3 Å². The Labute approximate surface area is 216 Å². The third-order valence-corrected chi connectivity index (χ3v) is 7.57. The molecular weight excluding hydrogens is 478 g/mol. The van der Waals surface area contributed by atoms with Crippen molar-refractivity contribution in [3.8, 4) is 5.75 Å². The van der Waals surface area contributed by atoms with Crippen molar-refractivity contribution in [1.82, 2.24) is 19.3 Å². The lowest BCUT2D eigenvalue weighted by molar-refractivity contribution is -0.116. The van der Waals surface area contributed by atoms with E-state index in [4.69, 9.17) is 16.3 Å². The third-order valence-electron chi connectivity index (χ3n) is 7.34. The molecule has 9 heteroatoms. The topological polar surface area (TPSA) is 61.3 Å². The lowest BCUT2D eigenvalue weighted by Gasteiger charge is -2.36. The fourth-order valence-electron chi connectivity index (χ4n) is 5.24. The fraction of sp³-hybridized carbons (Fsp3) is 0.407. The maximum absolute atomic E-state index is 13.7. The molecule has 190 valence electrons. The van der Waals surface area contributed by atoms with Crippen LogP contribution in [0.25, 0.3) is 10.9 Å². The Bertz CT molecular complexity index is 1250. The molecule has 5 rings (SSSR count). The second-order valence-corrected chi connectivity index (χ2v) is 9.89. The number of para-hydroxylation sites is 2. The van der Waals surface area contributed by atoms with Gasteiger partial charge in [0.25, 0.3) is 5.91 Å². The second kappa shape index (κ2) is 10.5. The van der Waals surface area contributed by atoms with E-state index in [0.717, 1.165) is 67.9 Å². The van der Waals surface area contributed by atoms with E-state index in [9.17, 15) is 9.59 Å². The number of carbonyl (C=O) groups is 2. The molecule has 0 saturated carbocycles. The molecule has 2 saturated heterocycles. The second-order valence-electron chi connectivity index (χ2n) is 9.45. The van der Waals surface area contributed by atoms with E-state index in [2.05, 4.69) is 21.7 Å². The molecule has 36 heavy (non-hydrogen) atoms. The first-order chi connectivity index (χ1) is 17.5. The number of aldehydes is 1. The molecule has 8 nitrogen and oxygen atoms in total. The van der Waals surface area contributed by atoms with Gasteiger partial charge in [-0.2, -0.15) is 0 Å². The smallest absolute Gasteiger partial charge is 0.256 e. The predicted octanol–water partition coefficient (Wildman–Crippen LogP) is 3.21. The number of aromatic nitrogens is 1. The molecule has 1 amide bonds. The van der Waals surface area contributed by atoms with E-state index < -0.39 is 6.17 Å². The molecule has 1 unspecified atom stereocenters. The van der Waals surface area contributed by atoms with Crippen LogP contribution in [0.1, 0.15) is 16.5 Å². The highest BCUT2D eigenvalue weighted by Crippen LogP contribution is 2.31. The van der Waals surface area contributed by atoms with Crippen LogP contribution in [0, 0.1) is 0 Å². The number of rotatable bonds is 6. The Morgan fingerprint density at radius 1 is 1.00 bits per heavy atom. The molecule has 0 N–H and O–H groups in total. The van der Waals surface area contributed by atoms with Gasteiger partial charge < -0.3 is 24.0 Å². The Morgan fingerprint density at radius 2 is 1.72 bits per heavy atom. The van der Waals surface area contributed by atoms with Crippen molar-refractivity contribution in [2.75, 3.05) is 71.4 Å². The molecule has 1 atom stereocenters. The maximum atomic E-state index is 13.7. The highest BCUT2D eigenvalue weighted by atomic mass is 35.5. The summed E-state index contributed by atoms with van der Waals surface area (Å²) in [5.41, 5.74) is 2.45. The number of fused-ring (bicyclic) bond motifs is 1. The van der Waals surface area contributed by atoms with Gasteiger partial charge in [-0.1, -0.05) is 29.8 Å². The predicted molar refractivity (Wildman–Crippen MR) is 142 cm³/mol. The number of methoxy groups -OCH3 is 1. The summed E-state index contributed by atoms with van der Waals surface area (Å²) in [6, 6.07) is 13.5. The Kier molecular flexibility index (Phi) is 7.18. The van der Waals surface area contributed by atoms with Gasteiger partial charge in [-0.25, -0.2) is 0 Å². The van der Waals surface area contributed by atoms with E-state index in [1.54, 1.807) is 13.2 Å². The summed E-state index contributed by atoms with van der Waals surface area (Å²) in [6.07, 6.45) is 2.32. The minimum Gasteiger partial charge on any atom is -0.495 e.